The van der Waals surface area contributed by atoms with Gasteiger partial charge in [0, 0.05) is 23.8 Å². The van der Waals surface area contributed by atoms with E-state index in [1.54, 1.807) is 42.6 Å². The number of hydrogen-bond acceptors (Lipinski definition) is 4. The number of nitrogens with one attached hydrogen (secondary N) is 1. The molecule has 1 saturated carbocycles. The van der Waals surface area contributed by atoms with Crippen LogP contribution in [0.3, 0.4) is 0 Å². The largest absolute Gasteiger partial charge is 0.438 e. The van der Waals surface area contributed by atoms with Crippen LogP contribution in [0, 0.1) is 11.8 Å². The van der Waals surface area contributed by atoms with Crippen molar-refractivity contribution in [3.05, 3.63) is 89.1 Å². The molecule has 0 aliphatic heterocycles. The van der Waals surface area contributed by atoms with Gasteiger partial charge in [0.05, 0.1) is 0 Å². The van der Waals surface area contributed by atoms with Crippen LogP contribution in [0.15, 0.2) is 72.9 Å². The zero-order chi connectivity index (χ0) is 23.9. The van der Waals surface area contributed by atoms with Gasteiger partial charge in [-0.2, -0.15) is 0 Å². The van der Waals surface area contributed by atoms with Gasteiger partial charge in [-0.05, 0) is 93.6 Å². The molecule has 1 fully saturated rings. The predicted molar refractivity (Wildman–Crippen MR) is 136 cm³/mol. The maximum atomic E-state index is 12.9. The summed E-state index contributed by atoms with van der Waals surface area (Å²) < 4.78 is 5.85. The highest BCUT2D eigenvalue weighted by molar-refractivity contribution is 6.30. The molecular weight excluding hydrogens is 446 g/mol. The Morgan fingerprint density at radius 1 is 1.03 bits per heavy atom. The van der Waals surface area contributed by atoms with E-state index in [0.29, 0.717) is 46.6 Å². The van der Waals surface area contributed by atoms with Crippen LogP contribution in [-0.4, -0.2) is 36.4 Å². The van der Waals surface area contributed by atoms with Gasteiger partial charge in [0.1, 0.15) is 11.3 Å². The molecular formula is C28H32ClN3O2. The molecule has 0 radical (unpaired) electrons. The molecule has 4 rings (SSSR count). The van der Waals surface area contributed by atoms with Gasteiger partial charge in [-0.25, -0.2) is 4.98 Å². The van der Waals surface area contributed by atoms with Crippen molar-refractivity contribution >= 4 is 17.5 Å². The van der Waals surface area contributed by atoms with Crippen LogP contribution in [0.4, 0.5) is 0 Å². The Balaban J connectivity index is 1.32. The van der Waals surface area contributed by atoms with E-state index in [2.05, 4.69) is 59.6 Å². The Bertz CT molecular complexity index is 1060. The van der Waals surface area contributed by atoms with Gasteiger partial charge in [-0.1, -0.05) is 41.9 Å². The number of amides is 1. The van der Waals surface area contributed by atoms with E-state index in [1.807, 2.05) is 0 Å². The number of benzene rings is 2. The number of nitrogens with zero attached hydrogens (tertiary/aromatic N) is 2. The number of carbonyl (C=O) groups is 1. The minimum Gasteiger partial charge on any atom is -0.438 e. The van der Waals surface area contributed by atoms with Crippen molar-refractivity contribution < 1.29 is 9.53 Å². The summed E-state index contributed by atoms with van der Waals surface area (Å²) in [5.41, 5.74) is 1.82. The summed E-state index contributed by atoms with van der Waals surface area (Å²) in [5, 5.41) is 3.74. The molecule has 0 bridgehead atoms. The molecule has 1 aliphatic rings. The van der Waals surface area contributed by atoms with Gasteiger partial charge < -0.3 is 15.0 Å². The molecule has 6 heteroatoms. The number of rotatable bonds is 8. The first-order valence-electron chi connectivity index (χ1n) is 11.9. The Hall–Kier alpha value is -2.89. The zero-order valence-corrected chi connectivity index (χ0v) is 20.5. The smallest absolute Gasteiger partial charge is 0.256 e. The van der Waals surface area contributed by atoms with Crippen molar-refractivity contribution in [1.82, 2.24) is 15.2 Å². The number of pyridine rings is 1. The minimum absolute atomic E-state index is 0.158. The van der Waals surface area contributed by atoms with Crippen LogP contribution >= 0.6 is 11.6 Å². The summed E-state index contributed by atoms with van der Waals surface area (Å²) in [4.78, 5) is 19.5. The lowest BCUT2D eigenvalue weighted by atomic mass is 9.76. The van der Waals surface area contributed by atoms with Crippen LogP contribution < -0.4 is 10.1 Å². The second-order valence-corrected chi connectivity index (χ2v) is 9.66. The number of halogens is 1. The zero-order valence-electron chi connectivity index (χ0n) is 19.8. The summed E-state index contributed by atoms with van der Waals surface area (Å²) in [6.07, 6.45) is 6.18. The molecule has 34 heavy (non-hydrogen) atoms. The number of carbonyl (C=O) groups excluding carboxylic acids is 1. The summed E-state index contributed by atoms with van der Waals surface area (Å²) in [6, 6.07) is 21.7. The highest BCUT2D eigenvalue weighted by atomic mass is 35.5. The molecule has 178 valence electrons. The SMILES string of the molecule is CN(C)C(c1ccccc1)C1CCC(CNC(=O)c2cccnc2Oc2ccc(Cl)cc2)CC1. The van der Waals surface area contributed by atoms with Gasteiger partial charge in [-0.15, -0.1) is 0 Å². The van der Waals surface area contributed by atoms with Gasteiger partial charge in [0.25, 0.3) is 5.91 Å². The first kappa shape index (κ1) is 24.2. The van der Waals surface area contributed by atoms with Crippen LogP contribution in [0.2, 0.25) is 5.02 Å². The van der Waals surface area contributed by atoms with Crippen LogP contribution in [0.5, 0.6) is 11.6 Å². The van der Waals surface area contributed by atoms with E-state index in [0.717, 1.165) is 25.7 Å². The fraction of sp³-hybridized carbons (Fsp3) is 0.357. The summed E-state index contributed by atoms with van der Waals surface area (Å²) >= 11 is 5.95. The van der Waals surface area contributed by atoms with E-state index < -0.39 is 0 Å². The molecule has 1 atom stereocenters. The Labute approximate surface area is 207 Å². The summed E-state index contributed by atoms with van der Waals surface area (Å²) in [6.45, 7) is 0.665. The molecule has 1 unspecified atom stereocenters. The molecule has 1 N–H and O–H groups in total. The van der Waals surface area contributed by atoms with Gasteiger partial charge >= 0.3 is 0 Å². The standard InChI is InChI=1S/C28H32ClN3O2/c1-32(2)26(21-7-4-3-5-8-21)22-12-10-20(11-13-22)19-31-27(33)25-9-6-18-30-28(25)34-24-16-14-23(29)15-17-24/h3-9,14-18,20,22,26H,10-13,19H2,1-2H3,(H,31,33). The van der Waals surface area contributed by atoms with Crippen molar-refractivity contribution in [1.29, 1.82) is 0 Å². The molecule has 3 aromatic rings. The molecule has 1 amide bonds. The highest BCUT2D eigenvalue weighted by Gasteiger charge is 2.30. The lowest BCUT2D eigenvalue weighted by Gasteiger charge is -2.37. The van der Waals surface area contributed by atoms with Crippen molar-refractivity contribution in [3.8, 4) is 11.6 Å². The number of hydrogen-bond donors (Lipinski definition) is 1. The van der Waals surface area contributed by atoms with Crippen molar-refractivity contribution in [2.45, 2.75) is 31.7 Å². The first-order valence-corrected chi connectivity index (χ1v) is 12.3. The lowest BCUT2D eigenvalue weighted by molar-refractivity contribution is 0.0931. The fourth-order valence-corrected chi connectivity index (χ4v) is 5.07. The van der Waals surface area contributed by atoms with Crippen molar-refractivity contribution in [3.63, 3.8) is 0 Å². The Morgan fingerprint density at radius 3 is 2.41 bits per heavy atom. The molecule has 1 aromatic heterocycles. The number of ether oxygens (including phenoxy) is 1. The topological polar surface area (TPSA) is 54.5 Å². The average Bonchev–Trinajstić information content (AvgIpc) is 2.86. The molecule has 1 heterocycles. The molecule has 0 saturated heterocycles. The van der Waals surface area contributed by atoms with Crippen LogP contribution in [0.1, 0.15) is 47.6 Å². The predicted octanol–water partition coefficient (Wildman–Crippen LogP) is 6.37. The highest BCUT2D eigenvalue weighted by Crippen LogP contribution is 2.39. The first-order chi connectivity index (χ1) is 16.5. The second-order valence-electron chi connectivity index (χ2n) is 9.22. The van der Waals surface area contributed by atoms with Crippen molar-refractivity contribution in [2.24, 2.45) is 11.8 Å². The Morgan fingerprint density at radius 2 is 1.74 bits per heavy atom. The van der Waals surface area contributed by atoms with Gasteiger partial charge in [-0.3, -0.25) is 4.79 Å². The van der Waals surface area contributed by atoms with Gasteiger partial charge in [0.2, 0.25) is 5.88 Å². The third-order valence-corrected chi connectivity index (χ3v) is 6.88. The molecule has 5 nitrogen and oxygen atoms in total. The fourth-order valence-electron chi connectivity index (χ4n) is 4.94. The van der Waals surface area contributed by atoms with Gasteiger partial charge in [0.15, 0.2) is 0 Å². The Kier molecular flexibility index (Phi) is 8.20. The summed E-state index contributed by atoms with van der Waals surface area (Å²) in [7, 11) is 4.34. The van der Waals surface area contributed by atoms with E-state index in [9.17, 15) is 4.79 Å². The van der Waals surface area contributed by atoms with E-state index in [4.69, 9.17) is 16.3 Å². The summed E-state index contributed by atoms with van der Waals surface area (Å²) in [5.74, 6) is 1.83. The second kappa shape index (κ2) is 11.5. The molecule has 2 aromatic carbocycles. The van der Waals surface area contributed by atoms with Crippen LogP contribution in [0.25, 0.3) is 0 Å². The minimum atomic E-state index is -0.158. The monoisotopic (exact) mass is 477 g/mol. The van der Waals surface area contributed by atoms with Crippen LogP contribution in [-0.2, 0) is 0 Å². The third kappa shape index (κ3) is 6.16. The van der Waals surface area contributed by atoms with E-state index >= 15 is 0 Å². The molecule has 1 aliphatic carbocycles. The lowest BCUT2D eigenvalue weighted by Crippen LogP contribution is -2.34. The maximum Gasteiger partial charge on any atom is 0.256 e. The molecule has 0 spiro atoms. The third-order valence-electron chi connectivity index (χ3n) is 6.63. The maximum absolute atomic E-state index is 12.9. The van der Waals surface area contributed by atoms with E-state index in [1.165, 1.54) is 5.56 Å². The quantitative estimate of drug-likeness (QED) is 0.409. The average molecular weight is 478 g/mol. The van der Waals surface area contributed by atoms with Crippen molar-refractivity contribution in [2.75, 3.05) is 20.6 Å². The van der Waals surface area contributed by atoms with E-state index in [-0.39, 0.29) is 5.91 Å². The normalized spacial score (nSPS) is 18.9. The number of aromatic nitrogens is 1.